The van der Waals surface area contributed by atoms with Gasteiger partial charge in [-0.3, -0.25) is 0 Å². The second-order valence-corrected chi connectivity index (χ2v) is 6.53. The van der Waals surface area contributed by atoms with Gasteiger partial charge in [-0.2, -0.15) is 0 Å². The molecule has 0 nitrogen and oxygen atoms in total. The number of benzene rings is 2. The minimum Gasteiger partial charge on any atom is -0.0620 e. The van der Waals surface area contributed by atoms with Crippen LogP contribution in [0, 0.1) is 20.8 Å². The third-order valence-electron chi connectivity index (χ3n) is 3.86. The van der Waals surface area contributed by atoms with E-state index in [1.165, 1.54) is 27.8 Å². The van der Waals surface area contributed by atoms with Gasteiger partial charge in [0.1, 0.15) is 0 Å². The second kappa shape index (κ2) is 8.02. The smallest absolute Gasteiger partial charge is 0.0216 e. The van der Waals surface area contributed by atoms with E-state index in [0.717, 1.165) is 0 Å². The fraction of sp³-hybridized carbons (Fsp3) is 0.429. The fourth-order valence-electron chi connectivity index (χ4n) is 2.71. The molecule has 2 aromatic rings. The number of aryl methyl sites for hydroxylation is 3. The Balaban J connectivity index is 0.000000211. The van der Waals surface area contributed by atoms with Crippen molar-refractivity contribution in [3.8, 4) is 0 Å². The molecule has 0 aliphatic rings. The van der Waals surface area contributed by atoms with Crippen LogP contribution >= 0.6 is 0 Å². The molecule has 0 radical (unpaired) electrons. The molecule has 0 amide bonds. The summed E-state index contributed by atoms with van der Waals surface area (Å²) < 4.78 is 0. The van der Waals surface area contributed by atoms with Gasteiger partial charge >= 0.3 is 0 Å². The summed E-state index contributed by atoms with van der Waals surface area (Å²) >= 11 is 0. The third kappa shape index (κ3) is 5.38. The van der Waals surface area contributed by atoms with E-state index in [2.05, 4.69) is 90.9 Å². The van der Waals surface area contributed by atoms with Crippen molar-refractivity contribution in [1.29, 1.82) is 0 Å². The SMILES string of the molecule is Cc1ccc(C(C)C)c(C)c1.Cc1ccccc1C(C)C. The summed E-state index contributed by atoms with van der Waals surface area (Å²) in [5, 5.41) is 0. The van der Waals surface area contributed by atoms with Crippen molar-refractivity contribution in [3.05, 3.63) is 70.3 Å². The van der Waals surface area contributed by atoms with Crippen LogP contribution in [0.25, 0.3) is 0 Å². The molecule has 2 rings (SSSR count). The highest BCUT2D eigenvalue weighted by Gasteiger charge is 2.01. The topological polar surface area (TPSA) is 0 Å². The summed E-state index contributed by atoms with van der Waals surface area (Å²) in [7, 11) is 0. The van der Waals surface area contributed by atoms with Crippen molar-refractivity contribution >= 4 is 0 Å². The van der Waals surface area contributed by atoms with Crippen molar-refractivity contribution in [2.24, 2.45) is 0 Å². The van der Waals surface area contributed by atoms with E-state index >= 15 is 0 Å². The number of rotatable bonds is 2. The van der Waals surface area contributed by atoms with Crippen molar-refractivity contribution in [1.82, 2.24) is 0 Å². The zero-order valence-corrected chi connectivity index (χ0v) is 14.7. The van der Waals surface area contributed by atoms with Gasteiger partial charge in [0.15, 0.2) is 0 Å². The maximum absolute atomic E-state index is 2.25. The molecule has 114 valence electrons. The molecule has 21 heavy (non-hydrogen) atoms. The summed E-state index contributed by atoms with van der Waals surface area (Å²) in [5.74, 6) is 1.30. The van der Waals surface area contributed by atoms with Crippen LogP contribution < -0.4 is 0 Å². The minimum absolute atomic E-state index is 0.649. The van der Waals surface area contributed by atoms with Crippen LogP contribution in [0.3, 0.4) is 0 Å². The van der Waals surface area contributed by atoms with Gasteiger partial charge in [0.2, 0.25) is 0 Å². The Bertz CT molecular complexity index is 562. The van der Waals surface area contributed by atoms with E-state index in [9.17, 15) is 0 Å². The molecule has 0 aliphatic carbocycles. The predicted molar refractivity (Wildman–Crippen MR) is 95.3 cm³/mol. The summed E-state index contributed by atoms with van der Waals surface area (Å²) in [6.45, 7) is 15.4. The molecule has 0 aromatic heterocycles. The van der Waals surface area contributed by atoms with Crippen LogP contribution in [0.2, 0.25) is 0 Å². The quantitative estimate of drug-likeness (QED) is 0.586. The first kappa shape index (κ1) is 17.5. The van der Waals surface area contributed by atoms with Gasteiger partial charge in [-0.1, -0.05) is 75.7 Å². The van der Waals surface area contributed by atoms with E-state index < -0.39 is 0 Å². The van der Waals surface area contributed by atoms with Gasteiger partial charge in [0.25, 0.3) is 0 Å². The third-order valence-corrected chi connectivity index (χ3v) is 3.86. The molecule has 0 saturated carbocycles. The Morgan fingerprint density at radius 1 is 0.619 bits per heavy atom. The number of hydrogen-bond donors (Lipinski definition) is 0. The highest BCUT2D eigenvalue weighted by molar-refractivity contribution is 5.32. The molecule has 0 N–H and O–H groups in total. The van der Waals surface area contributed by atoms with Gasteiger partial charge in [-0.15, -0.1) is 0 Å². The summed E-state index contributed by atoms with van der Waals surface area (Å²) in [6, 6.07) is 15.2. The summed E-state index contributed by atoms with van der Waals surface area (Å²) in [6.07, 6.45) is 0. The molecule has 0 fully saturated rings. The Morgan fingerprint density at radius 2 is 1.14 bits per heavy atom. The minimum atomic E-state index is 0.649. The van der Waals surface area contributed by atoms with Gasteiger partial charge in [0, 0.05) is 0 Å². The molecule has 0 heterocycles. The molecule has 0 saturated heterocycles. The molecule has 0 bridgehead atoms. The van der Waals surface area contributed by atoms with Crippen LogP contribution in [0.1, 0.15) is 67.3 Å². The maximum Gasteiger partial charge on any atom is -0.0216 e. The van der Waals surface area contributed by atoms with Crippen LogP contribution in [-0.2, 0) is 0 Å². The summed E-state index contributed by atoms with van der Waals surface area (Å²) in [4.78, 5) is 0. The first-order valence-electron chi connectivity index (χ1n) is 7.95. The van der Waals surface area contributed by atoms with E-state index in [1.807, 2.05) is 0 Å². The highest BCUT2D eigenvalue weighted by atomic mass is 14.1. The maximum atomic E-state index is 2.25. The Hall–Kier alpha value is -1.56. The monoisotopic (exact) mass is 282 g/mol. The second-order valence-electron chi connectivity index (χ2n) is 6.53. The standard InChI is InChI=1S/C11H16.C10H14/c1-8(2)11-6-5-9(3)7-10(11)4;1-8(2)10-7-5-4-6-9(10)3/h5-8H,1-4H3;4-8H,1-3H3. The van der Waals surface area contributed by atoms with Crippen LogP contribution in [0.15, 0.2) is 42.5 Å². The zero-order chi connectivity index (χ0) is 16.0. The average molecular weight is 282 g/mol. The van der Waals surface area contributed by atoms with Crippen LogP contribution in [0.5, 0.6) is 0 Å². The lowest BCUT2D eigenvalue weighted by molar-refractivity contribution is 0.855. The van der Waals surface area contributed by atoms with E-state index in [0.29, 0.717) is 11.8 Å². The van der Waals surface area contributed by atoms with E-state index in [-0.39, 0.29) is 0 Å². The normalized spacial score (nSPS) is 10.5. The van der Waals surface area contributed by atoms with Crippen molar-refractivity contribution in [2.75, 3.05) is 0 Å². The van der Waals surface area contributed by atoms with Crippen LogP contribution in [-0.4, -0.2) is 0 Å². The lowest BCUT2D eigenvalue weighted by Crippen LogP contribution is -1.91. The highest BCUT2D eigenvalue weighted by Crippen LogP contribution is 2.19. The van der Waals surface area contributed by atoms with E-state index in [4.69, 9.17) is 0 Å². The first-order chi connectivity index (χ1) is 9.82. The molecule has 0 atom stereocenters. The fourth-order valence-corrected chi connectivity index (χ4v) is 2.71. The molecule has 0 aliphatic heterocycles. The lowest BCUT2D eigenvalue weighted by atomic mass is 9.97. The van der Waals surface area contributed by atoms with Gasteiger partial charge in [-0.25, -0.2) is 0 Å². The zero-order valence-electron chi connectivity index (χ0n) is 14.7. The molecule has 0 heteroatoms. The Labute approximate surface area is 131 Å². The van der Waals surface area contributed by atoms with Crippen molar-refractivity contribution in [3.63, 3.8) is 0 Å². The first-order valence-corrected chi connectivity index (χ1v) is 7.95. The molecular weight excluding hydrogens is 252 g/mol. The van der Waals surface area contributed by atoms with Crippen LogP contribution in [0.4, 0.5) is 0 Å². The van der Waals surface area contributed by atoms with Gasteiger partial charge < -0.3 is 0 Å². The molecular formula is C21H30. The molecule has 0 spiro atoms. The lowest BCUT2D eigenvalue weighted by Gasteiger charge is -2.09. The largest absolute Gasteiger partial charge is 0.0620 e. The van der Waals surface area contributed by atoms with Crippen molar-refractivity contribution < 1.29 is 0 Å². The van der Waals surface area contributed by atoms with Gasteiger partial charge in [-0.05, 0) is 54.9 Å². The van der Waals surface area contributed by atoms with Gasteiger partial charge in [0.05, 0.1) is 0 Å². The van der Waals surface area contributed by atoms with E-state index in [1.54, 1.807) is 0 Å². The molecule has 2 aromatic carbocycles. The Kier molecular flexibility index (Phi) is 6.68. The molecule has 0 unspecified atom stereocenters. The predicted octanol–water partition coefficient (Wildman–Crippen LogP) is 6.55. The number of hydrogen-bond acceptors (Lipinski definition) is 0. The average Bonchev–Trinajstić information content (AvgIpc) is 2.39. The Morgan fingerprint density at radius 3 is 1.57 bits per heavy atom. The summed E-state index contributed by atoms with van der Waals surface area (Å²) in [5.41, 5.74) is 7.10. The van der Waals surface area contributed by atoms with Crippen molar-refractivity contribution in [2.45, 2.75) is 60.3 Å².